The predicted octanol–water partition coefficient (Wildman–Crippen LogP) is 5.34. The number of ether oxygens (including phenoxy) is 1. The number of carbonyl (C=O) groups excluding carboxylic acids is 2. The van der Waals surface area contributed by atoms with Gasteiger partial charge in [0.05, 0.1) is 5.56 Å². The molecule has 0 bridgehead atoms. The maximum Gasteiger partial charge on any atom is 0.407 e. The minimum atomic E-state index is -1.04. The molecule has 0 aliphatic heterocycles. The van der Waals surface area contributed by atoms with Crippen molar-refractivity contribution in [1.29, 1.82) is 0 Å². The van der Waals surface area contributed by atoms with Crippen molar-refractivity contribution in [2.75, 3.05) is 11.9 Å². The lowest BCUT2D eigenvalue weighted by Crippen LogP contribution is -2.44. The zero-order valence-corrected chi connectivity index (χ0v) is 19.7. The van der Waals surface area contributed by atoms with Gasteiger partial charge >= 0.3 is 12.1 Å². The molecule has 35 heavy (non-hydrogen) atoms. The highest BCUT2D eigenvalue weighted by molar-refractivity contribution is 5.98. The van der Waals surface area contributed by atoms with Gasteiger partial charge in [0.25, 0.3) is 0 Å². The molecule has 7 nitrogen and oxygen atoms in total. The Morgan fingerprint density at radius 3 is 2.17 bits per heavy atom. The van der Waals surface area contributed by atoms with Gasteiger partial charge in [-0.15, -0.1) is 0 Å². The molecule has 0 saturated heterocycles. The summed E-state index contributed by atoms with van der Waals surface area (Å²) < 4.78 is 5.59. The van der Waals surface area contributed by atoms with Gasteiger partial charge in [0.2, 0.25) is 5.91 Å². The van der Waals surface area contributed by atoms with Crippen molar-refractivity contribution in [2.24, 2.45) is 0 Å². The largest absolute Gasteiger partial charge is 0.478 e. The fraction of sp³-hybridized carbons (Fsp3) is 0.250. The van der Waals surface area contributed by atoms with Crippen LogP contribution in [0.4, 0.5) is 10.5 Å². The molecule has 1 atom stereocenters. The molecule has 3 aromatic carbocycles. The molecular weight excluding hydrogens is 444 g/mol. The number of aromatic carboxylic acids is 1. The van der Waals surface area contributed by atoms with Crippen molar-refractivity contribution in [3.05, 3.63) is 89.0 Å². The minimum Gasteiger partial charge on any atom is -0.478 e. The molecule has 0 radical (unpaired) electrons. The van der Waals surface area contributed by atoms with E-state index in [0.717, 1.165) is 22.3 Å². The molecule has 0 aromatic heterocycles. The number of alkyl carbamates (subject to hydrolysis) is 1. The highest BCUT2D eigenvalue weighted by atomic mass is 16.5. The van der Waals surface area contributed by atoms with Crippen molar-refractivity contribution >= 4 is 23.7 Å². The van der Waals surface area contributed by atoms with Crippen LogP contribution >= 0.6 is 0 Å². The fourth-order valence-electron chi connectivity index (χ4n) is 4.50. The second-order valence-corrected chi connectivity index (χ2v) is 8.64. The number of carbonyl (C=O) groups is 3. The van der Waals surface area contributed by atoms with E-state index in [1.165, 1.54) is 12.1 Å². The summed E-state index contributed by atoms with van der Waals surface area (Å²) in [6.07, 6.45) is 0.458. The van der Waals surface area contributed by atoms with Gasteiger partial charge in [-0.25, -0.2) is 9.59 Å². The van der Waals surface area contributed by atoms with Gasteiger partial charge in [0, 0.05) is 11.6 Å². The second-order valence-electron chi connectivity index (χ2n) is 8.64. The van der Waals surface area contributed by atoms with Crippen molar-refractivity contribution < 1.29 is 24.2 Å². The van der Waals surface area contributed by atoms with Crippen LogP contribution in [0, 0.1) is 6.92 Å². The van der Waals surface area contributed by atoms with Crippen LogP contribution in [0.25, 0.3) is 11.1 Å². The van der Waals surface area contributed by atoms with E-state index in [2.05, 4.69) is 22.8 Å². The van der Waals surface area contributed by atoms with Gasteiger partial charge in [0.1, 0.15) is 12.6 Å². The molecule has 180 valence electrons. The Morgan fingerprint density at radius 2 is 1.60 bits per heavy atom. The first-order chi connectivity index (χ1) is 16.9. The molecule has 0 fully saturated rings. The Labute approximate surface area is 204 Å². The SMILES string of the molecule is CCC[C@H](NC(=O)OCC1c2ccccc2-c2ccccc21)C(=O)Nc1ccc(C(=O)O)cc1C. The summed E-state index contributed by atoms with van der Waals surface area (Å²) in [6.45, 7) is 3.80. The summed E-state index contributed by atoms with van der Waals surface area (Å²) in [5.74, 6) is -1.49. The number of hydrogen-bond donors (Lipinski definition) is 3. The third-order valence-electron chi connectivity index (χ3n) is 6.26. The lowest BCUT2D eigenvalue weighted by molar-refractivity contribution is -0.118. The Hall–Kier alpha value is -4.13. The van der Waals surface area contributed by atoms with Crippen LogP contribution in [0.15, 0.2) is 66.7 Å². The molecule has 0 saturated carbocycles. The number of carboxylic acid groups (broad SMARTS) is 1. The van der Waals surface area contributed by atoms with E-state index in [1.54, 1.807) is 13.0 Å². The quantitative estimate of drug-likeness (QED) is 0.411. The first-order valence-electron chi connectivity index (χ1n) is 11.6. The molecular formula is C28H28N2O5. The number of anilines is 1. The number of carboxylic acids is 1. The monoisotopic (exact) mass is 472 g/mol. The maximum absolute atomic E-state index is 12.9. The van der Waals surface area contributed by atoms with Gasteiger partial charge in [0.15, 0.2) is 0 Å². The molecule has 1 aliphatic carbocycles. The summed E-state index contributed by atoms with van der Waals surface area (Å²) in [6, 6.07) is 19.9. The fourth-order valence-corrected chi connectivity index (χ4v) is 4.50. The Morgan fingerprint density at radius 1 is 0.971 bits per heavy atom. The Kier molecular flexibility index (Phi) is 7.15. The van der Waals surface area contributed by atoms with Crippen molar-refractivity contribution in [2.45, 2.75) is 38.6 Å². The predicted molar refractivity (Wildman–Crippen MR) is 134 cm³/mol. The smallest absolute Gasteiger partial charge is 0.407 e. The van der Waals surface area contributed by atoms with E-state index in [9.17, 15) is 14.4 Å². The van der Waals surface area contributed by atoms with Gasteiger partial charge < -0.3 is 20.5 Å². The summed E-state index contributed by atoms with van der Waals surface area (Å²) >= 11 is 0. The molecule has 3 N–H and O–H groups in total. The summed E-state index contributed by atoms with van der Waals surface area (Å²) in [7, 11) is 0. The summed E-state index contributed by atoms with van der Waals surface area (Å²) in [5.41, 5.74) is 5.77. The van der Waals surface area contributed by atoms with Crippen molar-refractivity contribution in [3.63, 3.8) is 0 Å². The summed E-state index contributed by atoms with van der Waals surface area (Å²) in [5, 5.41) is 14.6. The van der Waals surface area contributed by atoms with E-state index in [0.29, 0.717) is 24.1 Å². The molecule has 0 spiro atoms. The normalized spacial score (nSPS) is 12.9. The van der Waals surface area contributed by atoms with Crippen LogP contribution < -0.4 is 10.6 Å². The maximum atomic E-state index is 12.9. The van der Waals surface area contributed by atoms with E-state index < -0.39 is 18.1 Å². The van der Waals surface area contributed by atoms with Crippen molar-refractivity contribution in [3.8, 4) is 11.1 Å². The van der Waals surface area contributed by atoms with Gasteiger partial charge in [-0.05, 0) is 59.4 Å². The van der Waals surface area contributed by atoms with Crippen LogP contribution in [0.3, 0.4) is 0 Å². The average Bonchev–Trinajstić information content (AvgIpc) is 3.17. The lowest BCUT2D eigenvalue weighted by atomic mass is 9.98. The van der Waals surface area contributed by atoms with Gasteiger partial charge in [-0.3, -0.25) is 4.79 Å². The Bertz CT molecular complexity index is 1220. The lowest BCUT2D eigenvalue weighted by Gasteiger charge is -2.20. The van der Waals surface area contributed by atoms with Crippen molar-refractivity contribution in [1.82, 2.24) is 5.32 Å². The van der Waals surface area contributed by atoms with E-state index in [1.807, 2.05) is 43.3 Å². The number of amides is 2. The van der Waals surface area contributed by atoms with E-state index in [-0.39, 0.29) is 24.0 Å². The third kappa shape index (κ3) is 5.19. The standard InChI is InChI=1S/C28H28N2O5/c1-3-8-25(26(31)29-24-14-13-18(27(32)33)15-17(24)2)30-28(34)35-16-23-21-11-6-4-9-19(21)20-10-5-7-12-22(20)23/h4-7,9-15,23,25H,3,8,16H2,1-2H3,(H,29,31)(H,30,34)(H,32,33)/t25-/m0/s1. The molecule has 2 amide bonds. The highest BCUT2D eigenvalue weighted by Crippen LogP contribution is 2.44. The van der Waals surface area contributed by atoms with Crippen LogP contribution in [0.1, 0.15) is 52.7 Å². The third-order valence-corrected chi connectivity index (χ3v) is 6.26. The number of aryl methyl sites for hydroxylation is 1. The molecule has 4 rings (SSSR count). The first kappa shape index (κ1) is 24.0. The minimum absolute atomic E-state index is 0.0676. The Balaban J connectivity index is 1.41. The second kappa shape index (κ2) is 10.4. The number of fused-ring (bicyclic) bond motifs is 3. The van der Waals surface area contributed by atoms with Crippen LogP contribution in [0.5, 0.6) is 0 Å². The molecule has 0 unspecified atom stereocenters. The molecule has 1 aliphatic rings. The van der Waals surface area contributed by atoms with E-state index in [4.69, 9.17) is 9.84 Å². The average molecular weight is 473 g/mol. The first-order valence-corrected chi connectivity index (χ1v) is 11.6. The van der Waals surface area contributed by atoms with Crippen LogP contribution in [0.2, 0.25) is 0 Å². The number of nitrogens with one attached hydrogen (secondary N) is 2. The van der Waals surface area contributed by atoms with Crippen LogP contribution in [-0.4, -0.2) is 35.7 Å². The number of benzene rings is 3. The summed E-state index contributed by atoms with van der Waals surface area (Å²) in [4.78, 5) is 36.7. The van der Waals surface area contributed by atoms with Gasteiger partial charge in [-0.2, -0.15) is 0 Å². The zero-order chi connectivity index (χ0) is 24.9. The molecule has 3 aromatic rings. The van der Waals surface area contributed by atoms with E-state index >= 15 is 0 Å². The zero-order valence-electron chi connectivity index (χ0n) is 19.7. The van der Waals surface area contributed by atoms with Crippen LogP contribution in [-0.2, 0) is 9.53 Å². The number of rotatable bonds is 8. The molecule has 0 heterocycles. The number of hydrogen-bond acceptors (Lipinski definition) is 4. The molecule has 7 heteroatoms. The topological polar surface area (TPSA) is 105 Å². The highest BCUT2D eigenvalue weighted by Gasteiger charge is 2.29. The van der Waals surface area contributed by atoms with Gasteiger partial charge in [-0.1, -0.05) is 61.9 Å².